The molecule has 0 aliphatic heterocycles. The van der Waals surface area contributed by atoms with E-state index < -0.39 is 23.5 Å². The maximum absolute atomic E-state index is 13.3. The molecule has 0 spiro atoms. The first kappa shape index (κ1) is 11.0. The fourth-order valence-electron chi connectivity index (χ4n) is 0.927. The van der Waals surface area contributed by atoms with E-state index in [-0.39, 0.29) is 10.9 Å². The van der Waals surface area contributed by atoms with Crippen molar-refractivity contribution in [1.82, 2.24) is 4.98 Å². The molecule has 0 radical (unpaired) electrons. The average Bonchev–Trinajstić information content (AvgIpc) is 2.16. The number of rotatable bonds is 2. The molecule has 6 heteroatoms. The van der Waals surface area contributed by atoms with Gasteiger partial charge in [0.25, 0.3) is 6.43 Å². The third kappa shape index (κ3) is 1.87. The van der Waals surface area contributed by atoms with Crippen LogP contribution in [-0.2, 0) is 5.33 Å². The molecule has 0 fully saturated rings. The van der Waals surface area contributed by atoms with Gasteiger partial charge in [-0.25, -0.2) is 18.2 Å². The molecule has 1 aromatic rings. The van der Waals surface area contributed by atoms with Crippen LogP contribution in [0.1, 0.15) is 23.2 Å². The lowest BCUT2D eigenvalue weighted by atomic mass is 10.1. The zero-order valence-corrected chi connectivity index (χ0v) is 8.35. The highest BCUT2D eigenvalue weighted by atomic mass is 79.9. The molecule has 14 heavy (non-hydrogen) atoms. The highest BCUT2D eigenvalue weighted by molar-refractivity contribution is 9.08. The van der Waals surface area contributed by atoms with Gasteiger partial charge in [0, 0.05) is 17.1 Å². The summed E-state index contributed by atoms with van der Waals surface area (Å²) in [4.78, 5) is 3.44. The van der Waals surface area contributed by atoms with Gasteiger partial charge in [-0.1, -0.05) is 15.9 Å². The first-order chi connectivity index (χ1) is 6.61. The predicted molar refractivity (Wildman–Crippen MR) is 46.5 cm³/mol. The quantitative estimate of drug-likeness (QED) is 0.771. The number of hydrogen-bond donors (Lipinski definition) is 0. The van der Waals surface area contributed by atoms with E-state index in [1.54, 1.807) is 0 Å². The Hall–Kier alpha value is -1.09. The van der Waals surface area contributed by atoms with E-state index in [4.69, 9.17) is 5.26 Å². The molecule has 0 aliphatic rings. The van der Waals surface area contributed by atoms with E-state index in [9.17, 15) is 13.2 Å². The summed E-state index contributed by atoms with van der Waals surface area (Å²) >= 11 is 2.93. The molecule has 0 saturated carbocycles. The highest BCUT2D eigenvalue weighted by Gasteiger charge is 2.21. The number of halogens is 4. The number of alkyl halides is 3. The molecule has 1 aromatic heterocycles. The minimum atomic E-state index is -3.03. The van der Waals surface area contributed by atoms with E-state index in [0.29, 0.717) is 0 Å². The van der Waals surface area contributed by atoms with Crippen molar-refractivity contribution in [2.75, 3.05) is 0 Å². The lowest BCUT2D eigenvalue weighted by Crippen LogP contribution is -2.02. The molecule has 0 amide bonds. The maximum Gasteiger partial charge on any atom is 0.269 e. The molecule has 74 valence electrons. The number of hydrogen-bond acceptors (Lipinski definition) is 2. The monoisotopic (exact) mass is 264 g/mol. The second-order valence-corrected chi connectivity index (χ2v) is 2.97. The summed E-state index contributed by atoms with van der Waals surface area (Å²) in [7, 11) is 0. The van der Waals surface area contributed by atoms with Crippen LogP contribution in [0.15, 0.2) is 6.20 Å². The largest absolute Gasteiger partial charge is 0.269 e. The molecule has 2 nitrogen and oxygen atoms in total. The number of nitrogens with zero attached hydrogens (tertiary/aromatic N) is 2. The van der Waals surface area contributed by atoms with Gasteiger partial charge in [0.2, 0.25) is 0 Å². The number of aromatic nitrogens is 1. The van der Waals surface area contributed by atoms with E-state index in [2.05, 4.69) is 20.9 Å². The number of pyridine rings is 1. The summed E-state index contributed by atoms with van der Waals surface area (Å²) in [5, 5.41) is 8.51. The Balaban J connectivity index is 3.41. The van der Waals surface area contributed by atoms with Crippen LogP contribution in [0.4, 0.5) is 13.2 Å². The Bertz CT molecular complexity index is 387. The van der Waals surface area contributed by atoms with Gasteiger partial charge < -0.3 is 0 Å². The van der Waals surface area contributed by atoms with Crippen LogP contribution in [-0.4, -0.2) is 4.98 Å². The van der Waals surface area contributed by atoms with Crippen LogP contribution in [0.3, 0.4) is 0 Å². The minimum Gasteiger partial charge on any atom is -0.245 e. The van der Waals surface area contributed by atoms with Crippen LogP contribution in [0.25, 0.3) is 0 Å². The topological polar surface area (TPSA) is 36.7 Å². The van der Waals surface area contributed by atoms with Gasteiger partial charge in [-0.3, -0.25) is 0 Å². The summed E-state index contributed by atoms with van der Waals surface area (Å²) < 4.78 is 38.0. The van der Waals surface area contributed by atoms with Gasteiger partial charge >= 0.3 is 0 Å². The molecular formula is C8H4BrF3N2. The molecule has 0 saturated heterocycles. The SMILES string of the molecule is N#Cc1ncc(CBr)c(F)c1C(F)F. The molecule has 0 unspecified atom stereocenters. The Kier molecular flexibility index (Phi) is 3.47. The average molecular weight is 265 g/mol. The van der Waals surface area contributed by atoms with Crippen molar-refractivity contribution < 1.29 is 13.2 Å². The van der Waals surface area contributed by atoms with Crippen molar-refractivity contribution in [3.05, 3.63) is 28.8 Å². The Labute approximate surface area is 86.5 Å². The lowest BCUT2D eigenvalue weighted by molar-refractivity contribution is 0.145. The minimum absolute atomic E-state index is 0.0132. The summed E-state index contributed by atoms with van der Waals surface area (Å²) in [6.07, 6.45) is -1.97. The van der Waals surface area contributed by atoms with Gasteiger partial charge in [0.15, 0.2) is 5.69 Å². The van der Waals surface area contributed by atoms with Crippen LogP contribution in [0.5, 0.6) is 0 Å². The van der Waals surface area contributed by atoms with Crippen molar-refractivity contribution in [3.8, 4) is 6.07 Å². The van der Waals surface area contributed by atoms with E-state index in [0.717, 1.165) is 6.20 Å². The van der Waals surface area contributed by atoms with Gasteiger partial charge in [-0.15, -0.1) is 0 Å². The molecule has 0 aromatic carbocycles. The normalized spacial score (nSPS) is 10.3. The van der Waals surface area contributed by atoms with Gasteiger partial charge in [0.05, 0.1) is 5.56 Å². The fraction of sp³-hybridized carbons (Fsp3) is 0.250. The molecule has 0 bridgehead atoms. The van der Waals surface area contributed by atoms with Crippen molar-refractivity contribution in [2.45, 2.75) is 11.8 Å². The predicted octanol–water partition coefficient (Wildman–Crippen LogP) is 2.92. The van der Waals surface area contributed by atoms with E-state index in [1.165, 1.54) is 6.07 Å². The molecular weight excluding hydrogens is 261 g/mol. The van der Waals surface area contributed by atoms with E-state index >= 15 is 0 Å². The smallest absolute Gasteiger partial charge is 0.245 e. The maximum atomic E-state index is 13.3. The van der Waals surface area contributed by atoms with Gasteiger partial charge in [-0.2, -0.15) is 5.26 Å². The van der Waals surface area contributed by atoms with Crippen LogP contribution < -0.4 is 0 Å². The summed E-state index contributed by atoms with van der Waals surface area (Å²) in [6.45, 7) is 0. The second-order valence-electron chi connectivity index (χ2n) is 2.41. The zero-order chi connectivity index (χ0) is 10.7. The third-order valence-electron chi connectivity index (χ3n) is 1.59. The van der Waals surface area contributed by atoms with Crippen LogP contribution in [0.2, 0.25) is 0 Å². The lowest BCUT2D eigenvalue weighted by Gasteiger charge is -2.06. The Morgan fingerprint density at radius 3 is 2.64 bits per heavy atom. The third-order valence-corrected chi connectivity index (χ3v) is 2.20. The summed E-state index contributed by atoms with van der Waals surface area (Å²) in [5.41, 5.74) is -1.48. The fourth-order valence-corrected chi connectivity index (χ4v) is 1.32. The molecule has 1 rings (SSSR count). The molecule has 1 heterocycles. The molecule has 0 atom stereocenters. The van der Waals surface area contributed by atoms with Crippen LogP contribution >= 0.6 is 15.9 Å². The van der Waals surface area contributed by atoms with Crippen LogP contribution in [0, 0.1) is 17.1 Å². The zero-order valence-electron chi connectivity index (χ0n) is 6.77. The van der Waals surface area contributed by atoms with Crippen molar-refractivity contribution in [3.63, 3.8) is 0 Å². The Morgan fingerprint density at radius 1 is 1.57 bits per heavy atom. The second kappa shape index (κ2) is 4.42. The van der Waals surface area contributed by atoms with Crippen molar-refractivity contribution in [1.29, 1.82) is 5.26 Å². The summed E-state index contributed by atoms with van der Waals surface area (Å²) in [6, 6.07) is 1.42. The first-order valence-corrected chi connectivity index (χ1v) is 4.65. The van der Waals surface area contributed by atoms with Crippen molar-refractivity contribution >= 4 is 15.9 Å². The molecule has 0 N–H and O–H groups in total. The molecule has 0 aliphatic carbocycles. The first-order valence-electron chi connectivity index (χ1n) is 3.53. The van der Waals surface area contributed by atoms with E-state index in [1.807, 2.05) is 0 Å². The number of nitriles is 1. The highest BCUT2D eigenvalue weighted by Crippen LogP contribution is 2.27. The van der Waals surface area contributed by atoms with Gasteiger partial charge in [0.1, 0.15) is 11.9 Å². The van der Waals surface area contributed by atoms with Gasteiger partial charge in [-0.05, 0) is 0 Å². The summed E-state index contributed by atoms with van der Waals surface area (Å²) in [5.74, 6) is -1.07. The standard InChI is InChI=1S/C8H4BrF3N2/c9-1-4-3-14-5(2-13)6(7(4)10)8(11)12/h3,8H,1H2. The Morgan fingerprint density at radius 2 is 2.21 bits per heavy atom. The van der Waals surface area contributed by atoms with Crippen molar-refractivity contribution in [2.24, 2.45) is 0 Å².